The fourth-order valence-corrected chi connectivity index (χ4v) is 2.69. The zero-order valence-corrected chi connectivity index (χ0v) is 11.5. The molecule has 0 aliphatic heterocycles. The number of H-pyrrole nitrogens is 1. The molecule has 0 unspecified atom stereocenters. The van der Waals surface area contributed by atoms with E-state index in [0.29, 0.717) is 5.69 Å². The van der Waals surface area contributed by atoms with E-state index >= 15 is 0 Å². The maximum absolute atomic E-state index is 11.3. The molecule has 0 radical (unpaired) electrons. The van der Waals surface area contributed by atoms with Crippen LogP contribution in [0.3, 0.4) is 0 Å². The second kappa shape index (κ2) is 6.23. The first-order valence-corrected chi connectivity index (χ1v) is 7.01. The number of aromatic nitrogens is 2. The molecule has 0 saturated heterocycles. The highest BCUT2D eigenvalue weighted by atomic mass is 35.5. The minimum atomic E-state index is -0.340. The summed E-state index contributed by atoms with van der Waals surface area (Å²) >= 11 is 5.89. The van der Waals surface area contributed by atoms with E-state index in [1.54, 1.807) is 6.20 Å². The first-order valence-electron chi connectivity index (χ1n) is 6.64. The molecule has 100 valence electrons. The van der Waals surface area contributed by atoms with Crippen LogP contribution in [0.2, 0.25) is 5.02 Å². The molecule has 1 heterocycles. The number of rotatable bonds is 4. The molecule has 0 amide bonds. The van der Waals surface area contributed by atoms with Gasteiger partial charge in [-0.3, -0.25) is 4.79 Å². The standard InChI is InChI=1S/C13H20ClN3O/c1-9-2-4-10(5-3-9)6-7-15-11-8-16-17-13(18)12(11)14/h8-10H,2-7H2,1H3,(H2,15,17,18). The van der Waals surface area contributed by atoms with Crippen LogP contribution in [0.1, 0.15) is 39.0 Å². The molecule has 2 N–H and O–H groups in total. The Morgan fingerprint density at radius 3 is 2.89 bits per heavy atom. The predicted molar refractivity (Wildman–Crippen MR) is 74.1 cm³/mol. The molecule has 0 atom stereocenters. The topological polar surface area (TPSA) is 57.8 Å². The van der Waals surface area contributed by atoms with Gasteiger partial charge in [0.1, 0.15) is 5.02 Å². The summed E-state index contributed by atoms with van der Waals surface area (Å²) in [7, 11) is 0. The van der Waals surface area contributed by atoms with Crippen LogP contribution in [0.25, 0.3) is 0 Å². The molecule has 1 aromatic rings. The predicted octanol–water partition coefficient (Wildman–Crippen LogP) is 3.05. The van der Waals surface area contributed by atoms with E-state index in [1.165, 1.54) is 25.7 Å². The summed E-state index contributed by atoms with van der Waals surface area (Å²) in [5.74, 6) is 1.70. The lowest BCUT2D eigenvalue weighted by Crippen LogP contribution is -2.17. The van der Waals surface area contributed by atoms with Crippen LogP contribution in [0.15, 0.2) is 11.0 Å². The molecule has 1 aliphatic rings. The van der Waals surface area contributed by atoms with Crippen molar-refractivity contribution in [3.05, 3.63) is 21.6 Å². The van der Waals surface area contributed by atoms with Gasteiger partial charge in [0.2, 0.25) is 0 Å². The molecule has 1 aromatic heterocycles. The van der Waals surface area contributed by atoms with Crippen LogP contribution in [0.5, 0.6) is 0 Å². The summed E-state index contributed by atoms with van der Waals surface area (Å²) in [5.41, 5.74) is 0.290. The van der Waals surface area contributed by atoms with E-state index in [-0.39, 0.29) is 10.6 Å². The van der Waals surface area contributed by atoms with Gasteiger partial charge in [-0.15, -0.1) is 0 Å². The summed E-state index contributed by atoms with van der Waals surface area (Å²) in [6.45, 7) is 3.18. The average molecular weight is 270 g/mol. The third-order valence-corrected chi connectivity index (χ3v) is 4.17. The van der Waals surface area contributed by atoms with Gasteiger partial charge in [-0.1, -0.05) is 44.2 Å². The number of hydrogen-bond acceptors (Lipinski definition) is 3. The van der Waals surface area contributed by atoms with Gasteiger partial charge in [0.05, 0.1) is 11.9 Å². The fourth-order valence-electron chi connectivity index (χ4n) is 2.54. The first kappa shape index (κ1) is 13.4. The first-order chi connectivity index (χ1) is 8.66. The molecule has 1 fully saturated rings. The highest BCUT2D eigenvalue weighted by Crippen LogP contribution is 2.30. The van der Waals surface area contributed by atoms with Crippen molar-refractivity contribution < 1.29 is 0 Å². The number of anilines is 1. The van der Waals surface area contributed by atoms with Gasteiger partial charge in [0.25, 0.3) is 5.56 Å². The van der Waals surface area contributed by atoms with Crippen molar-refractivity contribution in [2.24, 2.45) is 11.8 Å². The smallest absolute Gasteiger partial charge is 0.285 e. The highest BCUT2D eigenvalue weighted by Gasteiger charge is 2.17. The van der Waals surface area contributed by atoms with Crippen molar-refractivity contribution in [3.8, 4) is 0 Å². The quantitative estimate of drug-likeness (QED) is 0.883. The summed E-state index contributed by atoms with van der Waals surface area (Å²) < 4.78 is 0. The minimum absolute atomic E-state index is 0.197. The Bertz CT molecular complexity index is 438. The Labute approximate surface area is 112 Å². The Morgan fingerprint density at radius 1 is 1.44 bits per heavy atom. The van der Waals surface area contributed by atoms with Crippen molar-refractivity contribution in [1.29, 1.82) is 0 Å². The molecule has 2 rings (SSSR count). The lowest BCUT2D eigenvalue weighted by atomic mass is 9.81. The number of nitrogens with one attached hydrogen (secondary N) is 2. The number of halogens is 1. The summed E-state index contributed by atoms with van der Waals surface area (Å²) in [6.07, 6.45) is 8.03. The van der Waals surface area contributed by atoms with Crippen molar-refractivity contribution in [1.82, 2.24) is 10.2 Å². The lowest BCUT2D eigenvalue weighted by Gasteiger charge is -2.26. The van der Waals surface area contributed by atoms with E-state index < -0.39 is 0 Å². The van der Waals surface area contributed by atoms with Gasteiger partial charge in [-0.05, 0) is 18.3 Å². The number of nitrogens with zero attached hydrogens (tertiary/aromatic N) is 1. The summed E-state index contributed by atoms with van der Waals surface area (Å²) in [5, 5.41) is 9.44. The molecular formula is C13H20ClN3O. The van der Waals surface area contributed by atoms with Crippen molar-refractivity contribution in [2.45, 2.75) is 39.0 Å². The molecule has 0 spiro atoms. The molecule has 18 heavy (non-hydrogen) atoms. The molecule has 5 heteroatoms. The molecule has 0 bridgehead atoms. The van der Waals surface area contributed by atoms with E-state index in [2.05, 4.69) is 22.4 Å². The fraction of sp³-hybridized carbons (Fsp3) is 0.692. The molecule has 1 aliphatic carbocycles. The van der Waals surface area contributed by atoms with Gasteiger partial charge < -0.3 is 5.32 Å². The lowest BCUT2D eigenvalue weighted by molar-refractivity contribution is 0.282. The monoisotopic (exact) mass is 269 g/mol. The minimum Gasteiger partial charge on any atom is -0.382 e. The van der Waals surface area contributed by atoms with Crippen LogP contribution < -0.4 is 10.9 Å². The Balaban J connectivity index is 1.78. The third-order valence-electron chi connectivity index (χ3n) is 3.80. The highest BCUT2D eigenvalue weighted by molar-refractivity contribution is 6.32. The van der Waals surface area contributed by atoms with Crippen molar-refractivity contribution in [2.75, 3.05) is 11.9 Å². The zero-order chi connectivity index (χ0) is 13.0. The SMILES string of the molecule is CC1CCC(CCNc2cn[nH]c(=O)c2Cl)CC1. The number of aromatic amines is 1. The Morgan fingerprint density at radius 2 is 2.17 bits per heavy atom. The third kappa shape index (κ3) is 3.48. The molecule has 0 aromatic carbocycles. The van der Waals surface area contributed by atoms with E-state index in [4.69, 9.17) is 11.6 Å². The van der Waals surface area contributed by atoms with Crippen LogP contribution in [-0.4, -0.2) is 16.7 Å². The van der Waals surface area contributed by atoms with Crippen molar-refractivity contribution >= 4 is 17.3 Å². The second-order valence-corrected chi connectivity index (χ2v) is 5.65. The molecule has 1 saturated carbocycles. The maximum Gasteiger partial charge on any atom is 0.285 e. The van der Waals surface area contributed by atoms with E-state index in [1.807, 2.05) is 0 Å². The zero-order valence-electron chi connectivity index (χ0n) is 10.7. The summed E-state index contributed by atoms with van der Waals surface area (Å²) in [4.78, 5) is 11.3. The molecule has 4 nitrogen and oxygen atoms in total. The van der Waals surface area contributed by atoms with Gasteiger partial charge in [-0.25, -0.2) is 5.10 Å². The van der Waals surface area contributed by atoms with Gasteiger partial charge >= 0.3 is 0 Å². The van der Waals surface area contributed by atoms with E-state index in [0.717, 1.165) is 24.8 Å². The second-order valence-electron chi connectivity index (χ2n) is 5.27. The largest absolute Gasteiger partial charge is 0.382 e. The number of hydrogen-bond donors (Lipinski definition) is 2. The van der Waals surface area contributed by atoms with Crippen molar-refractivity contribution in [3.63, 3.8) is 0 Å². The molecular weight excluding hydrogens is 250 g/mol. The van der Waals surface area contributed by atoms with Gasteiger partial charge in [-0.2, -0.15) is 5.10 Å². The van der Waals surface area contributed by atoms with Crippen LogP contribution in [-0.2, 0) is 0 Å². The van der Waals surface area contributed by atoms with Crippen LogP contribution in [0, 0.1) is 11.8 Å². The Kier molecular flexibility index (Phi) is 4.64. The average Bonchev–Trinajstić information content (AvgIpc) is 2.37. The van der Waals surface area contributed by atoms with E-state index in [9.17, 15) is 4.79 Å². The summed E-state index contributed by atoms with van der Waals surface area (Å²) in [6, 6.07) is 0. The Hall–Kier alpha value is -1.03. The van der Waals surface area contributed by atoms with Crippen LogP contribution >= 0.6 is 11.6 Å². The van der Waals surface area contributed by atoms with Gasteiger partial charge in [0, 0.05) is 6.54 Å². The van der Waals surface area contributed by atoms with Crippen LogP contribution in [0.4, 0.5) is 5.69 Å². The van der Waals surface area contributed by atoms with Gasteiger partial charge in [0.15, 0.2) is 0 Å². The maximum atomic E-state index is 11.3. The normalized spacial score (nSPS) is 23.9.